The van der Waals surface area contributed by atoms with Crippen LogP contribution in [-0.4, -0.2) is 33.9 Å². The molecule has 0 unspecified atom stereocenters. The van der Waals surface area contributed by atoms with E-state index in [-0.39, 0.29) is 22.2 Å². The van der Waals surface area contributed by atoms with Crippen LogP contribution in [-0.2, 0) is 16.4 Å². The summed E-state index contributed by atoms with van der Waals surface area (Å²) in [5, 5.41) is 3.86. The van der Waals surface area contributed by atoms with Gasteiger partial charge in [-0.15, -0.1) is 0 Å². The van der Waals surface area contributed by atoms with E-state index in [1.165, 1.54) is 29.5 Å². The van der Waals surface area contributed by atoms with Crippen molar-refractivity contribution in [1.82, 2.24) is 14.8 Å². The molecule has 0 aliphatic carbocycles. The van der Waals surface area contributed by atoms with Crippen molar-refractivity contribution < 1.29 is 8.42 Å². The Labute approximate surface area is 116 Å². The average molecular weight is 296 g/mol. The second kappa shape index (κ2) is 5.45. The summed E-state index contributed by atoms with van der Waals surface area (Å²) < 4.78 is 25.6. The molecule has 0 saturated heterocycles. The lowest BCUT2D eigenvalue weighted by molar-refractivity contribution is 0.580. The van der Waals surface area contributed by atoms with Crippen LogP contribution in [0.15, 0.2) is 41.8 Å². The van der Waals surface area contributed by atoms with Crippen molar-refractivity contribution in [3.05, 3.63) is 42.5 Å². The first kappa shape index (κ1) is 13.6. The summed E-state index contributed by atoms with van der Waals surface area (Å²) >= 11 is 4.81. The number of sulfone groups is 1. The van der Waals surface area contributed by atoms with E-state index in [4.69, 9.17) is 18.0 Å². The number of hydrogen-bond donors (Lipinski definition) is 1. The second-order valence-corrected chi connectivity index (χ2v) is 6.42. The first-order valence-corrected chi connectivity index (χ1v) is 7.50. The van der Waals surface area contributed by atoms with Crippen LogP contribution in [0.5, 0.6) is 0 Å². The van der Waals surface area contributed by atoms with Gasteiger partial charge in [0.15, 0.2) is 9.84 Å². The summed E-state index contributed by atoms with van der Waals surface area (Å²) in [4.78, 5) is 4.24. The lowest BCUT2D eigenvalue weighted by Crippen LogP contribution is -2.14. The van der Waals surface area contributed by atoms with E-state index in [0.29, 0.717) is 5.56 Å². The number of rotatable bonds is 5. The molecule has 19 heavy (non-hydrogen) atoms. The lowest BCUT2D eigenvalue weighted by Gasteiger charge is -2.05. The zero-order chi connectivity index (χ0) is 13.9. The van der Waals surface area contributed by atoms with Crippen molar-refractivity contribution in [2.24, 2.45) is 5.73 Å². The zero-order valence-corrected chi connectivity index (χ0v) is 11.6. The minimum atomic E-state index is -3.35. The van der Waals surface area contributed by atoms with E-state index in [1.807, 2.05) is 0 Å². The average Bonchev–Trinajstić information content (AvgIpc) is 2.90. The van der Waals surface area contributed by atoms with Gasteiger partial charge in [-0.2, -0.15) is 5.10 Å². The van der Waals surface area contributed by atoms with Crippen LogP contribution < -0.4 is 5.73 Å². The molecule has 0 aliphatic rings. The summed E-state index contributed by atoms with van der Waals surface area (Å²) in [7, 11) is -3.35. The Balaban J connectivity index is 2.13. The van der Waals surface area contributed by atoms with Gasteiger partial charge >= 0.3 is 0 Å². The fraction of sp³-hybridized carbons (Fsp3) is 0.182. The Morgan fingerprint density at radius 1 is 1.32 bits per heavy atom. The van der Waals surface area contributed by atoms with E-state index in [9.17, 15) is 8.42 Å². The van der Waals surface area contributed by atoms with Gasteiger partial charge in [-0.05, 0) is 12.1 Å². The van der Waals surface area contributed by atoms with Gasteiger partial charge in [-0.1, -0.05) is 24.4 Å². The van der Waals surface area contributed by atoms with E-state index in [1.54, 1.807) is 12.1 Å². The standard InChI is InChI=1S/C11H12N4O2S2/c12-11(18)9-1-3-10(4-2-9)19(16,17)6-5-15-8-13-7-14-15/h1-4,7-8H,5-6H2,(H2,12,18). The molecular weight excluding hydrogens is 284 g/mol. The Hall–Kier alpha value is -1.80. The fourth-order valence-electron chi connectivity index (χ4n) is 1.51. The second-order valence-electron chi connectivity index (χ2n) is 3.87. The highest BCUT2D eigenvalue weighted by atomic mass is 32.2. The third-order valence-corrected chi connectivity index (χ3v) is 4.50. The number of benzene rings is 1. The van der Waals surface area contributed by atoms with Gasteiger partial charge in [0.05, 0.1) is 17.2 Å². The topological polar surface area (TPSA) is 90.9 Å². The molecular formula is C11H12N4O2S2. The zero-order valence-electron chi connectivity index (χ0n) is 9.93. The first-order valence-electron chi connectivity index (χ1n) is 5.44. The maximum Gasteiger partial charge on any atom is 0.180 e. The van der Waals surface area contributed by atoms with Gasteiger partial charge in [-0.25, -0.2) is 13.4 Å². The first-order chi connectivity index (χ1) is 8.99. The van der Waals surface area contributed by atoms with Crippen molar-refractivity contribution in [3.8, 4) is 0 Å². The van der Waals surface area contributed by atoms with Gasteiger partial charge < -0.3 is 5.73 Å². The van der Waals surface area contributed by atoms with Gasteiger partial charge in [0.1, 0.15) is 17.6 Å². The predicted molar refractivity (Wildman–Crippen MR) is 74.4 cm³/mol. The van der Waals surface area contributed by atoms with Crippen molar-refractivity contribution in [3.63, 3.8) is 0 Å². The SMILES string of the molecule is NC(=S)c1ccc(S(=O)(=O)CCn2cncn2)cc1. The monoisotopic (exact) mass is 296 g/mol. The quantitative estimate of drug-likeness (QED) is 0.802. The largest absolute Gasteiger partial charge is 0.389 e. The number of nitrogens with two attached hydrogens (primary N) is 1. The highest BCUT2D eigenvalue weighted by molar-refractivity contribution is 7.91. The molecule has 1 aromatic carbocycles. The van der Waals surface area contributed by atoms with Gasteiger partial charge in [0, 0.05) is 5.56 Å². The molecule has 2 N–H and O–H groups in total. The highest BCUT2D eigenvalue weighted by Gasteiger charge is 2.14. The molecule has 2 aromatic rings. The van der Waals surface area contributed by atoms with Crippen molar-refractivity contribution >= 4 is 27.0 Å². The molecule has 0 aliphatic heterocycles. The molecule has 6 nitrogen and oxygen atoms in total. The minimum absolute atomic E-state index is 0.0389. The Morgan fingerprint density at radius 2 is 2.00 bits per heavy atom. The summed E-state index contributed by atoms with van der Waals surface area (Å²) in [6, 6.07) is 6.21. The molecule has 0 radical (unpaired) electrons. The smallest absolute Gasteiger partial charge is 0.180 e. The maximum atomic E-state index is 12.1. The summed E-state index contributed by atoms with van der Waals surface area (Å²) in [5.41, 5.74) is 6.10. The molecule has 100 valence electrons. The molecule has 0 bridgehead atoms. The van der Waals surface area contributed by atoms with Crippen LogP contribution in [0, 0.1) is 0 Å². The molecule has 2 rings (SSSR count). The van der Waals surface area contributed by atoms with Crippen LogP contribution in [0.1, 0.15) is 5.56 Å². The van der Waals surface area contributed by atoms with Crippen molar-refractivity contribution in [2.75, 3.05) is 5.75 Å². The summed E-state index contributed by atoms with van der Waals surface area (Å²) in [6.07, 6.45) is 2.84. The molecule has 0 fully saturated rings. The van der Waals surface area contributed by atoms with Crippen molar-refractivity contribution in [1.29, 1.82) is 0 Å². The number of nitrogens with zero attached hydrogens (tertiary/aromatic N) is 3. The van der Waals surface area contributed by atoms with Crippen LogP contribution in [0.3, 0.4) is 0 Å². The van der Waals surface area contributed by atoms with Gasteiger partial charge in [-0.3, -0.25) is 4.68 Å². The number of aryl methyl sites for hydroxylation is 1. The van der Waals surface area contributed by atoms with Crippen molar-refractivity contribution in [2.45, 2.75) is 11.4 Å². The van der Waals surface area contributed by atoms with Gasteiger partial charge in [0.25, 0.3) is 0 Å². The molecule has 0 saturated carbocycles. The van der Waals surface area contributed by atoms with Crippen LogP contribution in [0.25, 0.3) is 0 Å². The Morgan fingerprint density at radius 3 is 2.53 bits per heavy atom. The normalized spacial score (nSPS) is 11.4. The van der Waals surface area contributed by atoms with E-state index < -0.39 is 9.84 Å². The Bertz CT molecular complexity index is 663. The van der Waals surface area contributed by atoms with E-state index in [2.05, 4.69) is 10.1 Å². The van der Waals surface area contributed by atoms with Gasteiger partial charge in [0.2, 0.25) is 0 Å². The minimum Gasteiger partial charge on any atom is -0.389 e. The molecule has 0 spiro atoms. The lowest BCUT2D eigenvalue weighted by atomic mass is 10.2. The van der Waals surface area contributed by atoms with E-state index in [0.717, 1.165) is 0 Å². The molecule has 8 heteroatoms. The fourth-order valence-corrected chi connectivity index (χ4v) is 2.86. The van der Waals surface area contributed by atoms with Crippen LogP contribution in [0.4, 0.5) is 0 Å². The Kier molecular flexibility index (Phi) is 3.91. The highest BCUT2D eigenvalue weighted by Crippen LogP contribution is 2.13. The number of thiocarbonyl (C=S) groups is 1. The summed E-state index contributed by atoms with van der Waals surface area (Å²) in [6.45, 7) is 0.263. The van der Waals surface area contributed by atoms with Crippen LogP contribution in [0.2, 0.25) is 0 Å². The molecule has 0 amide bonds. The predicted octanol–water partition coefficient (Wildman–Crippen LogP) is 0.386. The molecule has 0 atom stereocenters. The number of hydrogen-bond acceptors (Lipinski definition) is 5. The van der Waals surface area contributed by atoms with E-state index >= 15 is 0 Å². The molecule has 1 aromatic heterocycles. The molecule has 1 heterocycles. The summed E-state index contributed by atoms with van der Waals surface area (Å²) in [5.74, 6) is -0.0389. The third kappa shape index (κ3) is 3.36. The number of aromatic nitrogens is 3. The third-order valence-electron chi connectivity index (χ3n) is 2.55. The maximum absolute atomic E-state index is 12.1. The van der Waals surface area contributed by atoms with Crippen LogP contribution >= 0.6 is 12.2 Å².